The number of carbonyl (C=O) groups excluding carboxylic acids is 2. The fraction of sp³-hybridized carbons (Fsp3) is 0.419. The Morgan fingerprint density at radius 2 is 1.76 bits per heavy atom. The van der Waals surface area contributed by atoms with Gasteiger partial charge in [-0.05, 0) is 80.0 Å². The molecule has 7 heteroatoms. The lowest BCUT2D eigenvalue weighted by molar-refractivity contribution is -0.141. The molecule has 38 heavy (non-hydrogen) atoms. The lowest BCUT2D eigenvalue weighted by Gasteiger charge is -2.27. The molecule has 0 bridgehead atoms. The lowest BCUT2D eigenvalue weighted by Crippen LogP contribution is -2.29. The zero-order valence-electron chi connectivity index (χ0n) is 22.5. The molecule has 1 aliphatic rings. The summed E-state index contributed by atoms with van der Waals surface area (Å²) < 4.78 is 16.9. The Bertz CT molecular complexity index is 1120. The Balaban J connectivity index is 1.42. The van der Waals surface area contributed by atoms with Gasteiger partial charge in [-0.25, -0.2) is 4.79 Å². The molecule has 0 heterocycles. The Morgan fingerprint density at radius 3 is 2.42 bits per heavy atom. The van der Waals surface area contributed by atoms with Gasteiger partial charge < -0.3 is 25.7 Å². The maximum atomic E-state index is 12.6. The molecule has 204 valence electrons. The van der Waals surface area contributed by atoms with Crippen molar-refractivity contribution in [3.63, 3.8) is 0 Å². The normalized spacial score (nSPS) is 17.7. The SMILES string of the molecule is C=CCCCOC1CCC(C(=O)Oc2ccc(/C=C/C(=O)OCC(C)(C)c3ccc(N)cc3N)cc2)CC1. The molecule has 0 atom stereocenters. The number of ether oxygens (including phenoxy) is 3. The van der Waals surface area contributed by atoms with Crippen LogP contribution in [0.25, 0.3) is 6.08 Å². The topological polar surface area (TPSA) is 114 Å². The van der Waals surface area contributed by atoms with Gasteiger partial charge >= 0.3 is 11.9 Å². The Morgan fingerprint density at radius 1 is 1.05 bits per heavy atom. The van der Waals surface area contributed by atoms with Gasteiger partial charge in [0.05, 0.1) is 12.0 Å². The minimum atomic E-state index is -0.468. The van der Waals surface area contributed by atoms with Crippen LogP contribution in [0.3, 0.4) is 0 Å². The highest BCUT2D eigenvalue weighted by Crippen LogP contribution is 2.30. The number of carbonyl (C=O) groups is 2. The largest absolute Gasteiger partial charge is 0.462 e. The van der Waals surface area contributed by atoms with E-state index in [0.717, 1.165) is 56.3 Å². The van der Waals surface area contributed by atoms with Crippen LogP contribution in [0.15, 0.2) is 61.2 Å². The summed E-state index contributed by atoms with van der Waals surface area (Å²) in [5, 5.41) is 0. The zero-order chi connectivity index (χ0) is 27.5. The van der Waals surface area contributed by atoms with E-state index in [9.17, 15) is 9.59 Å². The standard InChI is InChI=1S/C31H40N2O5/c1-4-5-6-19-36-25-15-10-23(11-16-25)30(35)38-26-13-7-22(8-14-26)9-18-29(34)37-21-31(2,3)27-17-12-24(32)20-28(27)33/h4,7-9,12-14,17-18,20,23,25H,1,5-6,10-11,15-16,19,21,32-33H2,2-3H3/b18-9+. The molecule has 0 aromatic heterocycles. The van der Waals surface area contributed by atoms with Crippen molar-refractivity contribution in [2.45, 2.75) is 63.9 Å². The maximum Gasteiger partial charge on any atom is 0.330 e. The van der Waals surface area contributed by atoms with E-state index in [-0.39, 0.29) is 24.6 Å². The molecule has 0 radical (unpaired) electrons. The van der Waals surface area contributed by atoms with E-state index in [1.807, 2.05) is 26.0 Å². The lowest BCUT2D eigenvalue weighted by atomic mass is 9.84. The van der Waals surface area contributed by atoms with Crippen LogP contribution in [-0.4, -0.2) is 31.3 Å². The third-order valence-corrected chi connectivity index (χ3v) is 6.80. The molecule has 2 aromatic rings. The molecule has 3 rings (SSSR count). The van der Waals surface area contributed by atoms with E-state index in [1.54, 1.807) is 42.5 Å². The first kappa shape index (κ1) is 29.0. The van der Waals surface area contributed by atoms with E-state index in [4.69, 9.17) is 25.7 Å². The Kier molecular flexibility index (Phi) is 10.5. The van der Waals surface area contributed by atoms with Gasteiger partial charge in [-0.3, -0.25) is 4.79 Å². The first-order chi connectivity index (χ1) is 18.2. The average Bonchev–Trinajstić information content (AvgIpc) is 2.89. The number of benzene rings is 2. The number of hydrogen-bond acceptors (Lipinski definition) is 7. The van der Waals surface area contributed by atoms with Gasteiger partial charge in [0.25, 0.3) is 0 Å². The molecule has 0 aliphatic heterocycles. The molecule has 7 nitrogen and oxygen atoms in total. The fourth-order valence-electron chi connectivity index (χ4n) is 4.53. The van der Waals surface area contributed by atoms with Crippen molar-refractivity contribution in [3.05, 3.63) is 72.3 Å². The van der Waals surface area contributed by atoms with Crippen molar-refractivity contribution in [1.82, 2.24) is 0 Å². The highest BCUT2D eigenvalue weighted by Gasteiger charge is 2.28. The van der Waals surface area contributed by atoms with Crippen molar-refractivity contribution in [2.75, 3.05) is 24.7 Å². The first-order valence-corrected chi connectivity index (χ1v) is 13.2. The summed E-state index contributed by atoms with van der Waals surface area (Å²) in [6.45, 7) is 8.54. The molecule has 1 saturated carbocycles. The number of esters is 2. The van der Waals surface area contributed by atoms with Crippen LogP contribution in [0.1, 0.15) is 63.5 Å². The van der Waals surface area contributed by atoms with Gasteiger partial charge in [-0.15, -0.1) is 6.58 Å². The summed E-state index contributed by atoms with van der Waals surface area (Å²) in [5.41, 5.74) is 14.2. The van der Waals surface area contributed by atoms with Crippen molar-refractivity contribution >= 4 is 29.4 Å². The van der Waals surface area contributed by atoms with E-state index in [0.29, 0.717) is 17.1 Å². The highest BCUT2D eigenvalue weighted by molar-refractivity contribution is 5.87. The first-order valence-electron chi connectivity index (χ1n) is 13.2. The maximum absolute atomic E-state index is 12.6. The fourth-order valence-corrected chi connectivity index (χ4v) is 4.53. The number of nitrogens with two attached hydrogens (primary N) is 2. The number of nitrogen functional groups attached to an aromatic ring is 2. The average molecular weight is 521 g/mol. The second-order valence-corrected chi connectivity index (χ2v) is 10.4. The van der Waals surface area contributed by atoms with Crippen LogP contribution in [0, 0.1) is 5.92 Å². The number of anilines is 2. The Hall–Kier alpha value is -3.58. The molecule has 0 spiro atoms. The van der Waals surface area contributed by atoms with Crippen LogP contribution in [0.2, 0.25) is 0 Å². The number of unbranched alkanes of at least 4 members (excludes halogenated alkanes) is 1. The predicted molar refractivity (Wildman–Crippen MR) is 151 cm³/mol. The second-order valence-electron chi connectivity index (χ2n) is 10.4. The summed E-state index contributed by atoms with van der Waals surface area (Å²) in [6.07, 6.45) is 10.4. The number of rotatable bonds is 12. The number of hydrogen-bond donors (Lipinski definition) is 2. The highest BCUT2D eigenvalue weighted by atomic mass is 16.5. The summed E-state index contributed by atoms with van der Waals surface area (Å²) in [6, 6.07) is 12.4. The molecular weight excluding hydrogens is 480 g/mol. The molecule has 1 fully saturated rings. The molecule has 1 aliphatic carbocycles. The van der Waals surface area contributed by atoms with E-state index >= 15 is 0 Å². The van der Waals surface area contributed by atoms with Crippen LogP contribution >= 0.6 is 0 Å². The van der Waals surface area contributed by atoms with Gasteiger partial charge in [0.2, 0.25) is 0 Å². The molecule has 4 N–H and O–H groups in total. The monoisotopic (exact) mass is 520 g/mol. The number of allylic oxidation sites excluding steroid dienone is 1. The summed E-state index contributed by atoms with van der Waals surface area (Å²) >= 11 is 0. The summed E-state index contributed by atoms with van der Waals surface area (Å²) in [7, 11) is 0. The smallest absolute Gasteiger partial charge is 0.330 e. The van der Waals surface area contributed by atoms with Crippen molar-refractivity contribution in [1.29, 1.82) is 0 Å². The molecule has 2 aromatic carbocycles. The van der Waals surface area contributed by atoms with Crippen LogP contribution in [-0.2, 0) is 24.5 Å². The van der Waals surface area contributed by atoms with Crippen LogP contribution < -0.4 is 16.2 Å². The molecule has 0 amide bonds. The van der Waals surface area contributed by atoms with Crippen molar-refractivity contribution in [3.8, 4) is 5.75 Å². The van der Waals surface area contributed by atoms with Crippen LogP contribution in [0.4, 0.5) is 11.4 Å². The third-order valence-electron chi connectivity index (χ3n) is 6.80. The van der Waals surface area contributed by atoms with Gasteiger partial charge in [-0.1, -0.05) is 38.1 Å². The van der Waals surface area contributed by atoms with Crippen LogP contribution in [0.5, 0.6) is 5.75 Å². The molecule has 0 unspecified atom stereocenters. The van der Waals surface area contributed by atoms with E-state index in [2.05, 4.69) is 6.58 Å². The zero-order valence-corrected chi connectivity index (χ0v) is 22.5. The van der Waals surface area contributed by atoms with E-state index < -0.39 is 11.4 Å². The quantitative estimate of drug-likeness (QED) is 0.0903. The predicted octanol–water partition coefficient (Wildman–Crippen LogP) is 5.83. The van der Waals surface area contributed by atoms with Gasteiger partial charge in [0.1, 0.15) is 12.4 Å². The summed E-state index contributed by atoms with van der Waals surface area (Å²) in [4.78, 5) is 24.9. The van der Waals surface area contributed by atoms with Crippen molar-refractivity contribution in [2.24, 2.45) is 5.92 Å². The van der Waals surface area contributed by atoms with Crippen molar-refractivity contribution < 1.29 is 23.8 Å². The van der Waals surface area contributed by atoms with E-state index in [1.165, 1.54) is 6.08 Å². The van der Waals surface area contributed by atoms with Gasteiger partial charge in [0.15, 0.2) is 0 Å². The molecule has 0 saturated heterocycles. The summed E-state index contributed by atoms with van der Waals surface area (Å²) in [5.74, 6) is -0.278. The third kappa shape index (κ3) is 8.77. The van der Waals surface area contributed by atoms with Gasteiger partial charge in [-0.2, -0.15) is 0 Å². The Labute approximate surface area is 225 Å². The minimum Gasteiger partial charge on any atom is -0.462 e. The second kappa shape index (κ2) is 13.8. The minimum absolute atomic E-state index is 0.106. The van der Waals surface area contributed by atoms with Gasteiger partial charge in [0, 0.05) is 29.5 Å². The molecular formula is C31H40N2O5.